The number of alkyl halides is 1. The average Bonchev–Trinajstić information content (AvgIpc) is 2.37. The summed E-state index contributed by atoms with van der Waals surface area (Å²) in [6, 6.07) is 4.46. The molecule has 0 radical (unpaired) electrons. The number of methoxy groups -OCH3 is 1. The normalized spacial score (nSPS) is 11.7. The number of rotatable bonds is 4. The molecule has 1 unspecified atom stereocenters. The number of carbonyl (C=O) groups excluding carboxylic acids is 2. The molecule has 0 aromatic heterocycles. The van der Waals surface area contributed by atoms with Gasteiger partial charge in [0, 0.05) is 12.1 Å². The molecule has 98 valence electrons. The molecule has 0 aliphatic carbocycles. The molecule has 0 saturated carbocycles. The Kier molecular flexibility index (Phi) is 5.61. The van der Waals surface area contributed by atoms with Crippen molar-refractivity contribution in [3.8, 4) is 5.75 Å². The predicted molar refractivity (Wildman–Crippen MR) is 72.9 cm³/mol. The largest absolute Gasteiger partial charge is 0.507 e. The van der Waals surface area contributed by atoms with Crippen LogP contribution in [-0.2, 0) is 9.53 Å². The van der Waals surface area contributed by atoms with Crippen molar-refractivity contribution in [1.29, 1.82) is 0 Å². The van der Waals surface area contributed by atoms with Gasteiger partial charge in [-0.1, -0.05) is 15.9 Å². The van der Waals surface area contributed by atoms with Gasteiger partial charge in [-0.2, -0.15) is 0 Å². The average molecular weight is 381 g/mol. The summed E-state index contributed by atoms with van der Waals surface area (Å²) >= 11 is 6.20. The minimum Gasteiger partial charge on any atom is -0.507 e. The Bertz CT molecular complexity index is 464. The van der Waals surface area contributed by atoms with Crippen LogP contribution in [0.3, 0.4) is 0 Å². The van der Waals surface area contributed by atoms with Gasteiger partial charge in [0.15, 0.2) is 0 Å². The molecular formula is C11H11Br2NO4. The molecule has 1 aromatic rings. The van der Waals surface area contributed by atoms with E-state index < -0.39 is 10.8 Å². The summed E-state index contributed by atoms with van der Waals surface area (Å²) in [5.74, 6) is -0.869. The van der Waals surface area contributed by atoms with E-state index in [9.17, 15) is 14.7 Å². The second-order valence-electron chi connectivity index (χ2n) is 3.37. The van der Waals surface area contributed by atoms with Crippen molar-refractivity contribution in [3.63, 3.8) is 0 Å². The number of hydrogen-bond acceptors (Lipinski definition) is 4. The maximum absolute atomic E-state index is 11.7. The highest BCUT2D eigenvalue weighted by molar-refractivity contribution is 9.10. The van der Waals surface area contributed by atoms with E-state index in [1.807, 2.05) is 0 Å². The molecule has 1 atom stereocenters. The van der Waals surface area contributed by atoms with Gasteiger partial charge in [0.05, 0.1) is 11.6 Å². The van der Waals surface area contributed by atoms with Crippen LogP contribution in [0.25, 0.3) is 0 Å². The third-order valence-electron chi connectivity index (χ3n) is 2.11. The van der Waals surface area contributed by atoms with E-state index in [0.29, 0.717) is 10.0 Å². The lowest BCUT2D eigenvalue weighted by Gasteiger charge is -2.09. The van der Waals surface area contributed by atoms with Crippen LogP contribution in [0, 0.1) is 0 Å². The lowest BCUT2D eigenvalue weighted by Crippen LogP contribution is -2.33. The first-order chi connectivity index (χ1) is 8.45. The molecule has 1 amide bonds. The first-order valence-electron chi connectivity index (χ1n) is 4.94. The number of nitrogens with one attached hydrogen (secondary N) is 1. The summed E-state index contributed by atoms with van der Waals surface area (Å²) < 4.78 is 5.01. The van der Waals surface area contributed by atoms with Gasteiger partial charge in [-0.3, -0.25) is 9.59 Å². The van der Waals surface area contributed by atoms with Crippen molar-refractivity contribution in [1.82, 2.24) is 5.32 Å². The van der Waals surface area contributed by atoms with Crippen LogP contribution in [0.1, 0.15) is 10.4 Å². The summed E-state index contributed by atoms with van der Waals surface area (Å²) in [7, 11) is 1.27. The fourth-order valence-corrected chi connectivity index (χ4v) is 1.74. The van der Waals surface area contributed by atoms with E-state index in [4.69, 9.17) is 0 Å². The van der Waals surface area contributed by atoms with E-state index in [1.165, 1.54) is 13.2 Å². The zero-order valence-electron chi connectivity index (χ0n) is 9.44. The molecular weight excluding hydrogens is 370 g/mol. The fourth-order valence-electron chi connectivity index (χ4n) is 1.15. The lowest BCUT2D eigenvalue weighted by molar-refractivity contribution is -0.139. The number of benzene rings is 1. The Morgan fingerprint density at radius 3 is 2.72 bits per heavy atom. The number of amides is 1. The zero-order valence-corrected chi connectivity index (χ0v) is 12.6. The molecule has 0 saturated heterocycles. The van der Waals surface area contributed by atoms with Crippen LogP contribution in [0.15, 0.2) is 22.7 Å². The molecule has 5 nitrogen and oxygen atoms in total. The standard InChI is InChI=1S/C11H11Br2NO4/c1-18-11(17)8(13)5-14-10(16)6-2-3-7(12)9(15)4-6/h2-4,8,15H,5H2,1H3,(H,14,16). The number of hydrogen-bond donors (Lipinski definition) is 2. The minimum atomic E-state index is -0.601. The third-order valence-corrected chi connectivity index (χ3v) is 3.48. The highest BCUT2D eigenvalue weighted by Crippen LogP contribution is 2.24. The lowest BCUT2D eigenvalue weighted by atomic mass is 10.2. The van der Waals surface area contributed by atoms with Crippen molar-refractivity contribution in [2.24, 2.45) is 0 Å². The maximum Gasteiger partial charge on any atom is 0.321 e. The number of carbonyl (C=O) groups is 2. The molecule has 1 rings (SSSR count). The molecule has 0 spiro atoms. The molecule has 0 aliphatic rings. The molecule has 7 heteroatoms. The van der Waals surface area contributed by atoms with Crippen molar-refractivity contribution in [3.05, 3.63) is 28.2 Å². The summed E-state index contributed by atoms with van der Waals surface area (Å²) in [6.45, 7) is 0.0995. The molecule has 0 heterocycles. The van der Waals surface area contributed by atoms with Crippen LogP contribution >= 0.6 is 31.9 Å². The number of phenols is 1. The highest BCUT2D eigenvalue weighted by Gasteiger charge is 2.16. The molecule has 18 heavy (non-hydrogen) atoms. The van der Waals surface area contributed by atoms with Gasteiger partial charge in [-0.15, -0.1) is 0 Å². The summed E-state index contributed by atoms with van der Waals surface area (Å²) in [4.78, 5) is 22.2. The molecule has 0 fully saturated rings. The van der Waals surface area contributed by atoms with Gasteiger partial charge < -0.3 is 15.2 Å². The van der Waals surface area contributed by atoms with Crippen molar-refractivity contribution >= 4 is 43.7 Å². The maximum atomic E-state index is 11.7. The van der Waals surface area contributed by atoms with Crippen molar-refractivity contribution < 1.29 is 19.4 Å². The summed E-state index contributed by atoms with van der Waals surface area (Å²) in [6.07, 6.45) is 0. The monoisotopic (exact) mass is 379 g/mol. The second-order valence-corrected chi connectivity index (χ2v) is 5.33. The Labute approximate surface area is 121 Å². The fraction of sp³-hybridized carbons (Fsp3) is 0.273. The van der Waals surface area contributed by atoms with Gasteiger partial charge in [0.1, 0.15) is 10.6 Å². The van der Waals surface area contributed by atoms with E-state index in [0.717, 1.165) is 0 Å². The topological polar surface area (TPSA) is 75.6 Å². The van der Waals surface area contributed by atoms with E-state index in [-0.39, 0.29) is 18.2 Å². The van der Waals surface area contributed by atoms with E-state index in [2.05, 4.69) is 41.9 Å². The molecule has 2 N–H and O–H groups in total. The smallest absolute Gasteiger partial charge is 0.321 e. The number of ether oxygens (including phenoxy) is 1. The van der Waals surface area contributed by atoms with Crippen LogP contribution in [0.2, 0.25) is 0 Å². The van der Waals surface area contributed by atoms with E-state index in [1.54, 1.807) is 12.1 Å². The molecule has 0 aliphatic heterocycles. The Hall–Kier alpha value is -1.08. The van der Waals surface area contributed by atoms with Gasteiger partial charge in [-0.25, -0.2) is 0 Å². The van der Waals surface area contributed by atoms with Crippen molar-refractivity contribution in [2.75, 3.05) is 13.7 Å². The zero-order chi connectivity index (χ0) is 13.7. The first kappa shape index (κ1) is 15.0. The Balaban J connectivity index is 2.60. The highest BCUT2D eigenvalue weighted by atomic mass is 79.9. The Morgan fingerprint density at radius 1 is 1.50 bits per heavy atom. The van der Waals surface area contributed by atoms with Gasteiger partial charge in [0.2, 0.25) is 0 Å². The van der Waals surface area contributed by atoms with Crippen LogP contribution in [0.5, 0.6) is 5.75 Å². The van der Waals surface area contributed by atoms with Gasteiger partial charge in [-0.05, 0) is 34.1 Å². The summed E-state index contributed by atoms with van der Waals surface area (Å²) in [5, 5.41) is 12.0. The molecule has 0 bridgehead atoms. The number of aromatic hydroxyl groups is 1. The number of halogens is 2. The van der Waals surface area contributed by atoms with Crippen LogP contribution in [-0.4, -0.2) is 35.5 Å². The SMILES string of the molecule is COC(=O)C(Br)CNC(=O)c1ccc(Br)c(O)c1. The van der Waals surface area contributed by atoms with Crippen LogP contribution < -0.4 is 5.32 Å². The Morgan fingerprint density at radius 2 is 2.17 bits per heavy atom. The van der Waals surface area contributed by atoms with Crippen LogP contribution in [0.4, 0.5) is 0 Å². The first-order valence-corrected chi connectivity index (χ1v) is 6.65. The number of phenolic OH excluding ortho intramolecular Hbond substituents is 1. The molecule has 1 aromatic carbocycles. The third kappa shape index (κ3) is 3.99. The van der Waals surface area contributed by atoms with Gasteiger partial charge in [0.25, 0.3) is 5.91 Å². The van der Waals surface area contributed by atoms with Gasteiger partial charge >= 0.3 is 5.97 Å². The van der Waals surface area contributed by atoms with Crippen molar-refractivity contribution in [2.45, 2.75) is 4.83 Å². The minimum absolute atomic E-state index is 0.0222. The summed E-state index contributed by atoms with van der Waals surface area (Å²) in [5.41, 5.74) is 0.306. The predicted octanol–water partition coefficient (Wildman–Crippen LogP) is 1.82. The van der Waals surface area contributed by atoms with E-state index >= 15 is 0 Å². The second kappa shape index (κ2) is 6.75. The number of esters is 1. The quantitative estimate of drug-likeness (QED) is 0.617.